The van der Waals surface area contributed by atoms with E-state index >= 15 is 0 Å². The van der Waals surface area contributed by atoms with E-state index in [4.69, 9.17) is 10.5 Å². The molecule has 4 heteroatoms. The lowest BCUT2D eigenvalue weighted by atomic mass is 10.2. The van der Waals surface area contributed by atoms with Crippen LogP contribution in [0.15, 0.2) is 18.3 Å². The summed E-state index contributed by atoms with van der Waals surface area (Å²) in [5, 5.41) is 0. The molecule has 0 saturated carbocycles. The number of methoxy groups -OCH3 is 1. The van der Waals surface area contributed by atoms with Crippen molar-refractivity contribution in [2.45, 2.75) is 33.0 Å². The minimum absolute atomic E-state index is 0.494. The van der Waals surface area contributed by atoms with Crippen molar-refractivity contribution in [3.8, 4) is 0 Å². The summed E-state index contributed by atoms with van der Waals surface area (Å²) in [5.74, 6) is 0. The lowest BCUT2D eigenvalue weighted by Crippen LogP contribution is -2.33. The third-order valence-corrected chi connectivity index (χ3v) is 2.79. The third kappa shape index (κ3) is 4.81. The van der Waals surface area contributed by atoms with E-state index in [1.165, 1.54) is 5.56 Å². The highest BCUT2D eigenvalue weighted by atomic mass is 16.5. The third-order valence-electron chi connectivity index (χ3n) is 2.79. The molecule has 0 fully saturated rings. The van der Waals surface area contributed by atoms with Crippen molar-refractivity contribution in [1.82, 2.24) is 9.88 Å². The fourth-order valence-corrected chi connectivity index (χ4v) is 1.70. The summed E-state index contributed by atoms with van der Waals surface area (Å²) in [4.78, 5) is 6.58. The molecule has 0 aliphatic heterocycles. The molecule has 1 heterocycles. The van der Waals surface area contributed by atoms with Crippen LogP contribution in [0, 0.1) is 0 Å². The topological polar surface area (TPSA) is 51.4 Å². The highest BCUT2D eigenvalue weighted by molar-refractivity contribution is 5.16. The quantitative estimate of drug-likeness (QED) is 0.779. The van der Waals surface area contributed by atoms with Crippen LogP contribution in [-0.4, -0.2) is 36.2 Å². The number of hydrogen-bond donors (Lipinski definition) is 1. The molecule has 1 aromatic heterocycles. The number of pyridine rings is 1. The first-order valence-corrected chi connectivity index (χ1v) is 6.04. The van der Waals surface area contributed by atoms with E-state index in [1.54, 1.807) is 7.11 Å². The zero-order valence-corrected chi connectivity index (χ0v) is 11.0. The normalized spacial score (nSPS) is 11.4. The first-order valence-electron chi connectivity index (χ1n) is 6.04. The van der Waals surface area contributed by atoms with E-state index in [2.05, 4.69) is 29.8 Å². The SMILES string of the molecule is COCCN(Cc1ccnc(CN)c1)C(C)C. The number of nitrogens with two attached hydrogens (primary N) is 1. The standard InChI is InChI=1S/C13H23N3O/c1-11(2)16(6-7-17-3)10-12-4-5-15-13(8-12)9-14/h4-5,8,11H,6-7,9-10,14H2,1-3H3. The second-order valence-electron chi connectivity index (χ2n) is 4.42. The highest BCUT2D eigenvalue weighted by Gasteiger charge is 2.10. The molecule has 17 heavy (non-hydrogen) atoms. The number of ether oxygens (including phenoxy) is 1. The molecule has 0 amide bonds. The van der Waals surface area contributed by atoms with Crippen molar-refractivity contribution in [3.63, 3.8) is 0 Å². The Morgan fingerprint density at radius 3 is 2.82 bits per heavy atom. The van der Waals surface area contributed by atoms with E-state index in [0.29, 0.717) is 12.6 Å². The average Bonchev–Trinajstić information content (AvgIpc) is 2.34. The first-order chi connectivity index (χ1) is 8.17. The monoisotopic (exact) mass is 237 g/mol. The maximum atomic E-state index is 5.59. The van der Waals surface area contributed by atoms with Crippen molar-refractivity contribution in [1.29, 1.82) is 0 Å². The molecule has 0 saturated heterocycles. The molecule has 96 valence electrons. The number of rotatable bonds is 7. The van der Waals surface area contributed by atoms with Crippen molar-refractivity contribution < 1.29 is 4.74 Å². The van der Waals surface area contributed by atoms with Gasteiger partial charge in [0.1, 0.15) is 0 Å². The van der Waals surface area contributed by atoms with E-state index < -0.39 is 0 Å². The average molecular weight is 237 g/mol. The first kappa shape index (κ1) is 14.1. The van der Waals surface area contributed by atoms with E-state index in [9.17, 15) is 0 Å². The van der Waals surface area contributed by atoms with Gasteiger partial charge in [-0.1, -0.05) is 0 Å². The second kappa shape index (κ2) is 7.37. The zero-order chi connectivity index (χ0) is 12.7. The molecule has 4 nitrogen and oxygen atoms in total. The number of hydrogen-bond acceptors (Lipinski definition) is 4. The van der Waals surface area contributed by atoms with Gasteiger partial charge in [0, 0.05) is 39.0 Å². The fraction of sp³-hybridized carbons (Fsp3) is 0.615. The Hall–Kier alpha value is -0.970. The van der Waals surface area contributed by atoms with Gasteiger partial charge in [-0.05, 0) is 31.5 Å². The molecule has 0 aliphatic carbocycles. The number of aromatic nitrogens is 1. The van der Waals surface area contributed by atoms with Crippen molar-refractivity contribution in [2.75, 3.05) is 20.3 Å². The molecule has 0 aliphatic rings. The molecule has 0 aromatic carbocycles. The summed E-state index contributed by atoms with van der Waals surface area (Å²) in [6.45, 7) is 7.49. The van der Waals surface area contributed by atoms with Crippen molar-refractivity contribution >= 4 is 0 Å². The summed E-state index contributed by atoms with van der Waals surface area (Å²) in [6.07, 6.45) is 1.83. The van der Waals surface area contributed by atoms with Crippen LogP contribution in [0.3, 0.4) is 0 Å². The molecular weight excluding hydrogens is 214 g/mol. The Bertz CT molecular complexity index is 328. The molecule has 0 bridgehead atoms. The van der Waals surface area contributed by atoms with Gasteiger partial charge in [0.2, 0.25) is 0 Å². The minimum Gasteiger partial charge on any atom is -0.383 e. The summed E-state index contributed by atoms with van der Waals surface area (Å²) >= 11 is 0. The predicted octanol–water partition coefficient (Wildman–Crippen LogP) is 1.40. The Morgan fingerprint density at radius 1 is 1.47 bits per heavy atom. The van der Waals surface area contributed by atoms with Crippen LogP contribution in [0.4, 0.5) is 0 Å². The zero-order valence-electron chi connectivity index (χ0n) is 11.0. The van der Waals surface area contributed by atoms with Crippen LogP contribution in [0.25, 0.3) is 0 Å². The Labute approximate surface area is 104 Å². The molecule has 0 spiro atoms. The van der Waals surface area contributed by atoms with Crippen LogP contribution < -0.4 is 5.73 Å². The van der Waals surface area contributed by atoms with Gasteiger partial charge in [-0.15, -0.1) is 0 Å². The van der Waals surface area contributed by atoms with Gasteiger partial charge in [0.05, 0.1) is 12.3 Å². The van der Waals surface area contributed by atoms with Gasteiger partial charge in [-0.2, -0.15) is 0 Å². The predicted molar refractivity (Wildman–Crippen MR) is 69.6 cm³/mol. The van der Waals surface area contributed by atoms with Gasteiger partial charge < -0.3 is 10.5 Å². The lowest BCUT2D eigenvalue weighted by Gasteiger charge is -2.26. The second-order valence-corrected chi connectivity index (χ2v) is 4.42. The smallest absolute Gasteiger partial charge is 0.0589 e. The van der Waals surface area contributed by atoms with E-state index in [0.717, 1.165) is 25.4 Å². The summed E-state index contributed by atoms with van der Waals surface area (Å²) in [6, 6.07) is 4.61. The van der Waals surface area contributed by atoms with Crippen LogP contribution >= 0.6 is 0 Å². The molecule has 1 aromatic rings. The van der Waals surface area contributed by atoms with Crippen LogP contribution in [0.5, 0.6) is 0 Å². The van der Waals surface area contributed by atoms with Gasteiger partial charge in [-0.3, -0.25) is 9.88 Å². The maximum absolute atomic E-state index is 5.59. The van der Waals surface area contributed by atoms with Crippen LogP contribution in [-0.2, 0) is 17.8 Å². The molecular formula is C13H23N3O. The molecule has 2 N–H and O–H groups in total. The van der Waals surface area contributed by atoms with Gasteiger partial charge in [0.25, 0.3) is 0 Å². The van der Waals surface area contributed by atoms with Gasteiger partial charge in [0.15, 0.2) is 0 Å². The summed E-state index contributed by atoms with van der Waals surface area (Å²) < 4.78 is 5.13. The van der Waals surface area contributed by atoms with Crippen molar-refractivity contribution in [3.05, 3.63) is 29.6 Å². The number of nitrogens with zero attached hydrogens (tertiary/aromatic N) is 2. The lowest BCUT2D eigenvalue weighted by molar-refractivity contribution is 0.125. The Kier molecular flexibility index (Phi) is 6.11. The van der Waals surface area contributed by atoms with E-state index in [-0.39, 0.29) is 0 Å². The summed E-state index contributed by atoms with van der Waals surface area (Å²) in [7, 11) is 1.73. The van der Waals surface area contributed by atoms with Gasteiger partial charge in [-0.25, -0.2) is 0 Å². The Morgan fingerprint density at radius 2 is 2.24 bits per heavy atom. The van der Waals surface area contributed by atoms with Crippen LogP contribution in [0.2, 0.25) is 0 Å². The fourth-order valence-electron chi connectivity index (χ4n) is 1.70. The highest BCUT2D eigenvalue weighted by Crippen LogP contribution is 2.08. The summed E-state index contributed by atoms with van der Waals surface area (Å²) in [5.41, 5.74) is 7.79. The Balaban J connectivity index is 2.64. The van der Waals surface area contributed by atoms with Crippen LogP contribution in [0.1, 0.15) is 25.1 Å². The molecule has 0 unspecified atom stereocenters. The maximum Gasteiger partial charge on any atom is 0.0589 e. The minimum atomic E-state index is 0.494. The van der Waals surface area contributed by atoms with Gasteiger partial charge >= 0.3 is 0 Å². The molecule has 0 atom stereocenters. The molecule has 1 rings (SSSR count). The molecule has 0 radical (unpaired) electrons. The van der Waals surface area contributed by atoms with E-state index in [1.807, 2.05) is 12.3 Å². The largest absolute Gasteiger partial charge is 0.383 e. The van der Waals surface area contributed by atoms with Crippen molar-refractivity contribution in [2.24, 2.45) is 5.73 Å².